The molecule has 3 atom stereocenters. The summed E-state index contributed by atoms with van der Waals surface area (Å²) in [5, 5.41) is 8.89. The minimum atomic E-state index is -0.391. The van der Waals surface area contributed by atoms with E-state index in [1.54, 1.807) is 18.2 Å². The van der Waals surface area contributed by atoms with E-state index in [0.717, 1.165) is 31.2 Å². The number of nitrogens with zero attached hydrogens (tertiary/aromatic N) is 1. The van der Waals surface area contributed by atoms with Gasteiger partial charge in [0.1, 0.15) is 5.82 Å². The lowest BCUT2D eigenvalue weighted by Gasteiger charge is -2.39. The molecule has 1 saturated carbocycles. The zero-order chi connectivity index (χ0) is 27.2. The van der Waals surface area contributed by atoms with Crippen molar-refractivity contribution in [1.82, 2.24) is 15.5 Å². The largest absolute Gasteiger partial charge is 0.351 e. The van der Waals surface area contributed by atoms with E-state index in [0.29, 0.717) is 42.9 Å². The summed E-state index contributed by atoms with van der Waals surface area (Å²) in [4.78, 5) is 51.2. The molecule has 2 aromatic carbocycles. The molecule has 0 bridgehead atoms. The number of benzene rings is 2. The highest BCUT2D eigenvalue weighted by molar-refractivity contribution is 6.02. The number of ketones is 2. The Morgan fingerprint density at radius 1 is 1.03 bits per heavy atom. The molecule has 1 saturated heterocycles. The van der Waals surface area contributed by atoms with Crippen LogP contribution in [0.25, 0.3) is 0 Å². The van der Waals surface area contributed by atoms with E-state index in [1.807, 2.05) is 6.07 Å². The summed E-state index contributed by atoms with van der Waals surface area (Å²) in [6.45, 7) is 4.45. The van der Waals surface area contributed by atoms with Gasteiger partial charge in [0.2, 0.25) is 5.91 Å². The van der Waals surface area contributed by atoms with Gasteiger partial charge >= 0.3 is 6.03 Å². The molecule has 1 heterocycles. The van der Waals surface area contributed by atoms with Gasteiger partial charge in [-0.25, -0.2) is 9.18 Å². The first-order valence-corrected chi connectivity index (χ1v) is 13.2. The van der Waals surface area contributed by atoms with Gasteiger partial charge in [0.25, 0.3) is 0 Å². The molecule has 2 fully saturated rings. The number of nitrogens with one attached hydrogen (secondary N) is 3. The maximum atomic E-state index is 13.6. The van der Waals surface area contributed by atoms with E-state index in [9.17, 15) is 23.6 Å². The second kappa shape index (κ2) is 12.3. The van der Waals surface area contributed by atoms with Gasteiger partial charge in [0, 0.05) is 42.0 Å². The number of halogens is 1. The van der Waals surface area contributed by atoms with Crippen molar-refractivity contribution < 1.29 is 23.6 Å². The highest BCUT2D eigenvalue weighted by Gasteiger charge is 2.32. The smallest absolute Gasteiger partial charge is 0.319 e. The number of piperazine rings is 1. The Bertz CT molecular complexity index is 1180. The maximum absolute atomic E-state index is 13.6. The summed E-state index contributed by atoms with van der Waals surface area (Å²) in [6, 6.07) is 10.5. The van der Waals surface area contributed by atoms with Gasteiger partial charge in [-0.15, -0.1) is 0 Å². The number of hydrogen-bond acceptors (Lipinski definition) is 5. The first-order valence-electron chi connectivity index (χ1n) is 13.2. The molecule has 8 nitrogen and oxygen atoms in total. The van der Waals surface area contributed by atoms with Crippen molar-refractivity contribution in [2.45, 2.75) is 58.0 Å². The van der Waals surface area contributed by atoms with Gasteiger partial charge in [-0.2, -0.15) is 0 Å². The van der Waals surface area contributed by atoms with Crippen LogP contribution in [-0.4, -0.2) is 60.1 Å². The lowest BCUT2D eigenvalue weighted by Crippen LogP contribution is -2.57. The Hall–Kier alpha value is -3.59. The van der Waals surface area contributed by atoms with Crippen molar-refractivity contribution in [2.24, 2.45) is 5.92 Å². The molecule has 3 amide bonds. The zero-order valence-electron chi connectivity index (χ0n) is 21.9. The molecule has 38 heavy (non-hydrogen) atoms. The van der Waals surface area contributed by atoms with E-state index in [-0.39, 0.29) is 41.3 Å². The molecule has 9 heteroatoms. The predicted molar refractivity (Wildman–Crippen MR) is 143 cm³/mol. The third-order valence-corrected chi connectivity index (χ3v) is 7.30. The minimum Gasteiger partial charge on any atom is -0.351 e. The quantitative estimate of drug-likeness (QED) is 0.455. The molecular formula is C29H35FN4O4. The zero-order valence-corrected chi connectivity index (χ0v) is 21.9. The number of amides is 3. The molecule has 3 N–H and O–H groups in total. The van der Waals surface area contributed by atoms with Gasteiger partial charge < -0.3 is 16.0 Å². The van der Waals surface area contributed by atoms with Gasteiger partial charge in [0.15, 0.2) is 11.6 Å². The fraction of sp³-hybridized carbons (Fsp3) is 0.448. The van der Waals surface area contributed by atoms with Crippen LogP contribution in [-0.2, 0) is 11.2 Å². The van der Waals surface area contributed by atoms with E-state index >= 15 is 0 Å². The standard InChI is InChI=1S/C29H35FN4O4/c1-18(35)22-12-23(19(2)36)14-25(13-22)32-29(38)33-27-9-4-3-7-21(27)15-34-16-26(31-28(37)17-34)11-20-6-5-8-24(30)10-20/h5-6,8,10,12-14,21,26-27H,3-4,7,9,11,15-17H2,1-2H3,(H,31,37)(H2,32,33,38)/t21-,26-,27+/m0/s1. The van der Waals surface area contributed by atoms with Crippen LogP contribution in [0.3, 0.4) is 0 Å². The molecule has 0 radical (unpaired) electrons. The fourth-order valence-electron chi connectivity index (χ4n) is 5.49. The summed E-state index contributed by atoms with van der Waals surface area (Å²) in [5.74, 6) is -0.550. The van der Waals surface area contributed by atoms with E-state index in [1.165, 1.54) is 32.0 Å². The number of carbonyl (C=O) groups excluding carboxylic acids is 4. The third-order valence-electron chi connectivity index (χ3n) is 7.30. The Morgan fingerprint density at radius 2 is 1.74 bits per heavy atom. The molecule has 2 aliphatic rings. The van der Waals surface area contributed by atoms with Crippen LogP contribution in [0.5, 0.6) is 0 Å². The molecular weight excluding hydrogens is 487 g/mol. The topological polar surface area (TPSA) is 108 Å². The average molecular weight is 523 g/mol. The van der Waals surface area contributed by atoms with Gasteiger partial charge in [-0.3, -0.25) is 19.3 Å². The molecule has 1 aliphatic carbocycles. The Balaban J connectivity index is 1.38. The van der Waals surface area contributed by atoms with Crippen molar-refractivity contribution in [3.8, 4) is 0 Å². The summed E-state index contributed by atoms with van der Waals surface area (Å²) in [5.41, 5.74) is 1.95. The third kappa shape index (κ3) is 7.47. The minimum absolute atomic E-state index is 0.0534. The molecule has 2 aromatic rings. The summed E-state index contributed by atoms with van der Waals surface area (Å²) >= 11 is 0. The number of hydrogen-bond donors (Lipinski definition) is 3. The van der Waals surface area contributed by atoms with Crippen molar-refractivity contribution in [2.75, 3.05) is 25.0 Å². The molecule has 202 valence electrons. The van der Waals surface area contributed by atoms with Gasteiger partial charge in [-0.1, -0.05) is 25.0 Å². The normalized spacial score (nSPS) is 21.9. The number of urea groups is 1. The highest BCUT2D eigenvalue weighted by atomic mass is 19.1. The SMILES string of the molecule is CC(=O)c1cc(NC(=O)N[C@@H]2CCCC[C@H]2CN2CC(=O)N[C@@H](Cc3cccc(F)c3)C2)cc(C(C)=O)c1. The van der Waals surface area contributed by atoms with E-state index in [4.69, 9.17) is 0 Å². The Kier molecular flexibility index (Phi) is 8.89. The number of rotatable bonds is 8. The molecule has 0 spiro atoms. The summed E-state index contributed by atoms with van der Waals surface area (Å²) < 4.78 is 13.6. The second-order valence-corrected chi connectivity index (χ2v) is 10.5. The van der Waals surface area contributed by atoms with Gasteiger partial charge in [-0.05, 0) is 74.9 Å². The van der Waals surface area contributed by atoms with E-state index < -0.39 is 6.03 Å². The van der Waals surface area contributed by atoms with Crippen LogP contribution in [0, 0.1) is 11.7 Å². The van der Waals surface area contributed by atoms with Crippen molar-refractivity contribution in [3.63, 3.8) is 0 Å². The first-order chi connectivity index (χ1) is 18.2. The van der Waals surface area contributed by atoms with Crippen LogP contribution in [0.2, 0.25) is 0 Å². The van der Waals surface area contributed by atoms with Crippen LogP contribution in [0.15, 0.2) is 42.5 Å². The lowest BCUT2D eigenvalue weighted by atomic mass is 9.84. The van der Waals surface area contributed by atoms with Crippen molar-refractivity contribution in [3.05, 3.63) is 65.0 Å². The molecule has 4 rings (SSSR count). The highest BCUT2D eigenvalue weighted by Crippen LogP contribution is 2.26. The number of carbonyl (C=O) groups is 4. The lowest BCUT2D eigenvalue weighted by molar-refractivity contribution is -0.125. The molecule has 0 aromatic heterocycles. The fourth-order valence-corrected chi connectivity index (χ4v) is 5.49. The Labute approximate surface area is 222 Å². The van der Waals surface area contributed by atoms with Crippen LogP contribution >= 0.6 is 0 Å². The van der Waals surface area contributed by atoms with Crippen LogP contribution in [0.1, 0.15) is 65.8 Å². The van der Waals surface area contributed by atoms with E-state index in [2.05, 4.69) is 20.9 Å². The van der Waals surface area contributed by atoms with Crippen LogP contribution in [0.4, 0.5) is 14.9 Å². The number of anilines is 1. The predicted octanol–water partition coefficient (Wildman–Crippen LogP) is 3.95. The number of Topliss-reactive ketones (excluding diaryl/α,β-unsaturated/α-hetero) is 2. The molecule has 1 aliphatic heterocycles. The first kappa shape index (κ1) is 27.4. The Morgan fingerprint density at radius 3 is 2.42 bits per heavy atom. The van der Waals surface area contributed by atoms with Crippen molar-refractivity contribution >= 4 is 29.2 Å². The van der Waals surface area contributed by atoms with Crippen LogP contribution < -0.4 is 16.0 Å². The summed E-state index contributed by atoms with van der Waals surface area (Å²) in [7, 11) is 0. The van der Waals surface area contributed by atoms with Crippen molar-refractivity contribution in [1.29, 1.82) is 0 Å². The molecule has 0 unspecified atom stereocenters. The maximum Gasteiger partial charge on any atom is 0.319 e. The summed E-state index contributed by atoms with van der Waals surface area (Å²) in [6.07, 6.45) is 4.37. The second-order valence-electron chi connectivity index (χ2n) is 10.5. The van der Waals surface area contributed by atoms with Gasteiger partial charge in [0.05, 0.1) is 6.54 Å². The monoisotopic (exact) mass is 522 g/mol. The average Bonchev–Trinajstić information content (AvgIpc) is 2.84.